The highest BCUT2D eigenvalue weighted by Gasteiger charge is 2.64. The molecule has 0 radical (unpaired) electrons. The van der Waals surface area contributed by atoms with E-state index in [0.29, 0.717) is 23.3 Å². The van der Waals surface area contributed by atoms with Crippen LogP contribution in [0.1, 0.15) is 50.9 Å². The second-order valence-corrected chi connectivity index (χ2v) is 8.41. The number of rotatable bonds is 7. The molecule has 0 bridgehead atoms. The third-order valence-electron chi connectivity index (χ3n) is 5.15. The zero-order chi connectivity index (χ0) is 24.4. The van der Waals surface area contributed by atoms with E-state index in [2.05, 4.69) is 4.74 Å². The first kappa shape index (κ1) is 24.5. The SMILES string of the molecule is CCOC(=O)[C@](NC(=O)c1ccccc1F)(Nc1sc2c(c1C(N)=O)CCCC2)C(F)(F)F. The van der Waals surface area contributed by atoms with Crippen molar-refractivity contribution in [1.29, 1.82) is 0 Å². The number of ether oxygens (including phenoxy) is 1. The molecule has 2 amide bonds. The molecule has 1 aliphatic carbocycles. The minimum Gasteiger partial charge on any atom is -0.463 e. The third-order valence-corrected chi connectivity index (χ3v) is 6.35. The van der Waals surface area contributed by atoms with Gasteiger partial charge in [-0.3, -0.25) is 9.59 Å². The number of amides is 2. The molecular formula is C21H21F4N3O4S. The fourth-order valence-electron chi connectivity index (χ4n) is 3.60. The Bertz CT molecular complexity index is 1090. The molecule has 1 aromatic carbocycles. The fourth-order valence-corrected chi connectivity index (χ4v) is 4.95. The number of esters is 1. The number of nitrogens with one attached hydrogen (secondary N) is 2. The van der Waals surface area contributed by atoms with E-state index in [9.17, 15) is 31.9 Å². The normalized spacial score (nSPS) is 15.2. The number of hydrogen-bond donors (Lipinski definition) is 3. The fraction of sp³-hybridized carbons (Fsp3) is 0.381. The van der Waals surface area contributed by atoms with E-state index in [1.54, 1.807) is 5.32 Å². The zero-order valence-corrected chi connectivity index (χ0v) is 18.3. The van der Waals surface area contributed by atoms with Crippen LogP contribution < -0.4 is 16.4 Å². The Balaban J connectivity index is 2.14. The van der Waals surface area contributed by atoms with Crippen LogP contribution in [-0.2, 0) is 22.4 Å². The van der Waals surface area contributed by atoms with Gasteiger partial charge in [0.25, 0.3) is 11.8 Å². The van der Waals surface area contributed by atoms with Crippen LogP contribution in [0.5, 0.6) is 0 Å². The smallest absolute Gasteiger partial charge is 0.441 e. The van der Waals surface area contributed by atoms with Gasteiger partial charge in [-0.2, -0.15) is 13.2 Å². The van der Waals surface area contributed by atoms with Gasteiger partial charge < -0.3 is 21.1 Å². The summed E-state index contributed by atoms with van der Waals surface area (Å²) >= 11 is 0.850. The second-order valence-electron chi connectivity index (χ2n) is 7.31. The molecule has 178 valence electrons. The first-order valence-corrected chi connectivity index (χ1v) is 10.9. The van der Waals surface area contributed by atoms with E-state index in [1.165, 1.54) is 19.1 Å². The van der Waals surface area contributed by atoms with E-state index < -0.39 is 47.6 Å². The molecule has 7 nitrogen and oxygen atoms in total. The predicted molar refractivity (Wildman–Crippen MR) is 112 cm³/mol. The van der Waals surface area contributed by atoms with Crippen molar-refractivity contribution < 1.29 is 36.7 Å². The Morgan fingerprint density at radius 3 is 2.42 bits per heavy atom. The van der Waals surface area contributed by atoms with Crippen LogP contribution in [-0.4, -0.2) is 36.2 Å². The van der Waals surface area contributed by atoms with Crippen molar-refractivity contribution in [2.75, 3.05) is 11.9 Å². The number of nitrogens with two attached hydrogens (primary N) is 1. The molecule has 0 spiro atoms. The van der Waals surface area contributed by atoms with Crippen LogP contribution in [0.3, 0.4) is 0 Å². The lowest BCUT2D eigenvalue weighted by molar-refractivity contribution is -0.204. The average molecular weight is 487 g/mol. The number of hydrogen-bond acceptors (Lipinski definition) is 6. The van der Waals surface area contributed by atoms with Gasteiger partial charge in [-0.15, -0.1) is 11.3 Å². The van der Waals surface area contributed by atoms with Crippen molar-refractivity contribution in [1.82, 2.24) is 5.32 Å². The summed E-state index contributed by atoms with van der Waals surface area (Å²) in [7, 11) is 0. The molecule has 0 unspecified atom stereocenters. The van der Waals surface area contributed by atoms with Gasteiger partial charge in [-0.25, -0.2) is 9.18 Å². The third kappa shape index (κ3) is 4.65. The van der Waals surface area contributed by atoms with Crippen LogP contribution in [0.25, 0.3) is 0 Å². The maximum absolute atomic E-state index is 14.4. The zero-order valence-electron chi connectivity index (χ0n) is 17.5. The number of fused-ring (bicyclic) bond motifs is 1. The standard InChI is InChI=1S/C21H21F4N3O4S/c1-2-32-19(31)20(21(23,24)25,27-17(30)11-7-3-5-9-13(11)22)28-18-15(16(26)29)12-8-4-6-10-14(12)33-18/h3,5,7,9,28H,2,4,6,8,10H2,1H3,(H2,26,29)(H,27,30)/t20-/m0/s1. The molecule has 1 heterocycles. The molecule has 2 aromatic rings. The average Bonchev–Trinajstić information content (AvgIpc) is 3.10. The van der Waals surface area contributed by atoms with Gasteiger partial charge in [-0.05, 0) is 50.3 Å². The molecule has 0 saturated heterocycles. The van der Waals surface area contributed by atoms with Crippen molar-refractivity contribution in [3.8, 4) is 0 Å². The van der Waals surface area contributed by atoms with Gasteiger partial charge in [0.1, 0.15) is 10.8 Å². The Hall–Kier alpha value is -3.15. The minimum atomic E-state index is -5.44. The topological polar surface area (TPSA) is 111 Å². The van der Waals surface area contributed by atoms with E-state index in [4.69, 9.17) is 5.73 Å². The Kier molecular flexibility index (Phi) is 6.96. The van der Waals surface area contributed by atoms with Crippen molar-refractivity contribution in [3.05, 3.63) is 51.7 Å². The van der Waals surface area contributed by atoms with E-state index in [1.807, 2.05) is 5.32 Å². The van der Waals surface area contributed by atoms with E-state index in [-0.39, 0.29) is 10.6 Å². The van der Waals surface area contributed by atoms with Crippen LogP contribution in [0.15, 0.2) is 24.3 Å². The molecule has 33 heavy (non-hydrogen) atoms. The number of benzene rings is 1. The Morgan fingerprint density at radius 1 is 1.15 bits per heavy atom. The number of aryl methyl sites for hydroxylation is 1. The summed E-state index contributed by atoms with van der Waals surface area (Å²) < 4.78 is 62.0. The van der Waals surface area contributed by atoms with Crippen molar-refractivity contribution in [3.63, 3.8) is 0 Å². The number of carbonyl (C=O) groups excluding carboxylic acids is 3. The quantitative estimate of drug-likeness (QED) is 0.314. The number of anilines is 1. The predicted octanol–water partition coefficient (Wildman–Crippen LogP) is 3.53. The van der Waals surface area contributed by atoms with Gasteiger partial charge in [0, 0.05) is 4.88 Å². The summed E-state index contributed by atoms with van der Waals surface area (Å²) in [6.07, 6.45) is -2.99. The lowest BCUT2D eigenvalue weighted by Crippen LogP contribution is -2.69. The van der Waals surface area contributed by atoms with Crippen molar-refractivity contribution >= 4 is 34.1 Å². The number of halogens is 4. The summed E-state index contributed by atoms with van der Waals surface area (Å²) in [5.41, 5.74) is 1.28. The van der Waals surface area contributed by atoms with Gasteiger partial charge >= 0.3 is 17.8 Å². The largest absolute Gasteiger partial charge is 0.463 e. The first-order chi connectivity index (χ1) is 15.5. The molecule has 1 atom stereocenters. The monoisotopic (exact) mass is 487 g/mol. The molecule has 0 fully saturated rings. The van der Waals surface area contributed by atoms with Gasteiger partial charge in [0.2, 0.25) is 0 Å². The van der Waals surface area contributed by atoms with Gasteiger partial charge in [-0.1, -0.05) is 12.1 Å². The van der Waals surface area contributed by atoms with Gasteiger partial charge in [0.15, 0.2) is 0 Å². The highest BCUT2D eigenvalue weighted by molar-refractivity contribution is 7.16. The van der Waals surface area contributed by atoms with Gasteiger partial charge in [0.05, 0.1) is 17.7 Å². The van der Waals surface area contributed by atoms with E-state index >= 15 is 0 Å². The molecule has 1 aromatic heterocycles. The molecule has 4 N–H and O–H groups in total. The molecule has 1 aliphatic rings. The maximum atomic E-state index is 14.4. The summed E-state index contributed by atoms with van der Waals surface area (Å²) in [6, 6.07) is 4.36. The molecule has 0 saturated carbocycles. The molecule has 3 rings (SSSR count). The number of alkyl halides is 3. The minimum absolute atomic E-state index is 0.173. The Morgan fingerprint density at radius 2 is 1.82 bits per heavy atom. The summed E-state index contributed by atoms with van der Waals surface area (Å²) in [5.74, 6) is -5.44. The van der Waals surface area contributed by atoms with Crippen molar-refractivity contribution in [2.45, 2.75) is 44.4 Å². The van der Waals surface area contributed by atoms with E-state index in [0.717, 1.165) is 36.3 Å². The van der Waals surface area contributed by atoms with Crippen LogP contribution >= 0.6 is 11.3 Å². The lowest BCUT2D eigenvalue weighted by Gasteiger charge is -2.35. The first-order valence-electron chi connectivity index (χ1n) is 10.0. The summed E-state index contributed by atoms with van der Waals surface area (Å²) in [6.45, 7) is 0.855. The second kappa shape index (κ2) is 9.38. The number of carbonyl (C=O) groups is 3. The molecule has 12 heteroatoms. The highest BCUT2D eigenvalue weighted by Crippen LogP contribution is 2.42. The van der Waals surface area contributed by atoms with Crippen LogP contribution in [0.2, 0.25) is 0 Å². The molecular weight excluding hydrogens is 466 g/mol. The van der Waals surface area contributed by atoms with Crippen LogP contribution in [0.4, 0.5) is 22.6 Å². The maximum Gasteiger partial charge on any atom is 0.441 e. The number of primary amides is 1. The lowest BCUT2D eigenvalue weighted by atomic mass is 9.95. The van der Waals surface area contributed by atoms with Crippen molar-refractivity contribution in [2.24, 2.45) is 5.73 Å². The highest BCUT2D eigenvalue weighted by atomic mass is 32.1. The Labute approximate surface area is 190 Å². The summed E-state index contributed by atoms with van der Waals surface area (Å²) in [4.78, 5) is 38.1. The number of thiophene rings is 1. The van der Waals surface area contributed by atoms with Crippen LogP contribution in [0, 0.1) is 5.82 Å². The molecule has 0 aliphatic heterocycles. The summed E-state index contributed by atoms with van der Waals surface area (Å²) in [5, 5.41) is 3.25.